The summed E-state index contributed by atoms with van der Waals surface area (Å²) in [6.07, 6.45) is 7.65. The molecular formula is C9H17N. The van der Waals surface area contributed by atoms with Gasteiger partial charge in [-0.2, -0.15) is 0 Å². The van der Waals surface area contributed by atoms with E-state index in [4.69, 9.17) is 0 Å². The molecule has 1 N–H and O–H groups in total. The molecule has 1 nitrogen and oxygen atoms in total. The minimum atomic E-state index is 1.09. The number of unbranched alkanes of at least 4 members (excludes halogenated alkanes) is 2. The van der Waals surface area contributed by atoms with Crippen LogP contribution in [0.25, 0.3) is 0 Å². The number of hydrogen-bond donors (Lipinski definition) is 1. The van der Waals surface area contributed by atoms with Gasteiger partial charge in [0.2, 0.25) is 0 Å². The van der Waals surface area contributed by atoms with E-state index in [1.54, 1.807) is 6.04 Å². The summed E-state index contributed by atoms with van der Waals surface area (Å²) in [4.78, 5) is 0. The van der Waals surface area contributed by atoms with Crippen LogP contribution in [0.5, 0.6) is 0 Å². The zero-order valence-electron chi connectivity index (χ0n) is 6.66. The van der Waals surface area contributed by atoms with Gasteiger partial charge in [0.1, 0.15) is 0 Å². The zero-order valence-corrected chi connectivity index (χ0v) is 6.66. The Hall–Kier alpha value is -0.0400. The molecule has 1 rings (SSSR count). The highest BCUT2D eigenvalue weighted by Crippen LogP contribution is 2.18. The molecule has 0 unspecified atom stereocenters. The molecule has 0 aromatic heterocycles. The molecule has 0 spiro atoms. The molecule has 1 saturated heterocycles. The van der Waals surface area contributed by atoms with Crippen molar-refractivity contribution in [1.29, 1.82) is 0 Å². The van der Waals surface area contributed by atoms with Crippen LogP contribution in [0.2, 0.25) is 0 Å². The largest absolute Gasteiger partial charge is 0.309 e. The van der Waals surface area contributed by atoms with Crippen molar-refractivity contribution in [3.8, 4) is 0 Å². The molecule has 0 saturated carbocycles. The molecule has 1 fully saturated rings. The SMILES string of the molecule is [CH2]CCCC[C]1CCCN1. The van der Waals surface area contributed by atoms with Crippen molar-refractivity contribution in [2.24, 2.45) is 0 Å². The second-order valence-electron chi connectivity index (χ2n) is 2.94. The van der Waals surface area contributed by atoms with Crippen LogP contribution in [0, 0.1) is 13.0 Å². The Bertz CT molecular complexity index is 74.8. The van der Waals surface area contributed by atoms with E-state index in [0.29, 0.717) is 0 Å². The van der Waals surface area contributed by atoms with Gasteiger partial charge < -0.3 is 5.32 Å². The smallest absolute Gasteiger partial charge is 0.0364 e. The van der Waals surface area contributed by atoms with E-state index in [-0.39, 0.29) is 0 Å². The van der Waals surface area contributed by atoms with E-state index in [1.165, 1.54) is 38.6 Å². The van der Waals surface area contributed by atoms with Gasteiger partial charge in [0, 0.05) is 6.04 Å². The maximum Gasteiger partial charge on any atom is 0.0364 e. The highest BCUT2D eigenvalue weighted by Gasteiger charge is 2.13. The van der Waals surface area contributed by atoms with Gasteiger partial charge in [-0.1, -0.05) is 26.2 Å². The normalized spacial score (nSPS) is 20.1. The first-order chi connectivity index (χ1) is 4.93. The van der Waals surface area contributed by atoms with Gasteiger partial charge in [-0.25, -0.2) is 0 Å². The van der Waals surface area contributed by atoms with Crippen molar-refractivity contribution in [1.82, 2.24) is 5.32 Å². The monoisotopic (exact) mass is 139 g/mol. The highest BCUT2D eigenvalue weighted by atomic mass is 14.9. The summed E-state index contributed by atoms with van der Waals surface area (Å²) >= 11 is 0. The van der Waals surface area contributed by atoms with Gasteiger partial charge in [-0.3, -0.25) is 0 Å². The van der Waals surface area contributed by atoms with Crippen molar-refractivity contribution in [2.45, 2.75) is 38.5 Å². The number of hydrogen-bond acceptors (Lipinski definition) is 1. The molecule has 0 atom stereocenters. The second-order valence-corrected chi connectivity index (χ2v) is 2.94. The molecule has 58 valence electrons. The van der Waals surface area contributed by atoms with E-state index in [1.807, 2.05) is 0 Å². The highest BCUT2D eigenvalue weighted by molar-refractivity contribution is 4.91. The van der Waals surface area contributed by atoms with E-state index >= 15 is 0 Å². The van der Waals surface area contributed by atoms with E-state index < -0.39 is 0 Å². The molecule has 0 aliphatic carbocycles. The first kappa shape index (κ1) is 8.06. The summed E-state index contributed by atoms with van der Waals surface area (Å²) in [5.41, 5.74) is 0. The summed E-state index contributed by atoms with van der Waals surface area (Å²) in [7, 11) is 0. The van der Waals surface area contributed by atoms with Crippen molar-refractivity contribution < 1.29 is 0 Å². The molecule has 1 heteroatoms. The molecule has 0 amide bonds. The van der Waals surface area contributed by atoms with Gasteiger partial charge in [0.15, 0.2) is 0 Å². The average molecular weight is 139 g/mol. The summed E-state index contributed by atoms with van der Waals surface area (Å²) in [6.45, 7) is 5.03. The van der Waals surface area contributed by atoms with Crippen molar-refractivity contribution in [3.63, 3.8) is 0 Å². The fraction of sp³-hybridized carbons (Fsp3) is 0.778. The number of rotatable bonds is 4. The lowest BCUT2D eigenvalue weighted by Gasteiger charge is -2.06. The molecule has 2 radical (unpaired) electrons. The van der Waals surface area contributed by atoms with Crippen molar-refractivity contribution in [3.05, 3.63) is 13.0 Å². The summed E-state index contributed by atoms with van der Waals surface area (Å²) in [5, 5.41) is 3.41. The molecule has 1 aliphatic rings. The summed E-state index contributed by atoms with van der Waals surface area (Å²) in [6, 6.07) is 1.58. The third-order valence-electron chi connectivity index (χ3n) is 2.01. The van der Waals surface area contributed by atoms with Gasteiger partial charge >= 0.3 is 0 Å². The third-order valence-corrected chi connectivity index (χ3v) is 2.01. The molecule has 0 aromatic carbocycles. The van der Waals surface area contributed by atoms with Gasteiger partial charge in [-0.15, -0.1) is 0 Å². The molecule has 0 aromatic rings. The Labute approximate surface area is 64.2 Å². The fourth-order valence-corrected chi connectivity index (χ4v) is 1.38. The maximum absolute atomic E-state index is 3.82. The quantitative estimate of drug-likeness (QED) is 0.589. The first-order valence-corrected chi connectivity index (χ1v) is 4.31. The van der Waals surface area contributed by atoms with E-state index in [0.717, 1.165) is 6.42 Å². The molecule has 0 bridgehead atoms. The molecule has 1 aliphatic heterocycles. The van der Waals surface area contributed by atoms with Crippen molar-refractivity contribution >= 4 is 0 Å². The van der Waals surface area contributed by atoms with Crippen LogP contribution >= 0.6 is 0 Å². The standard InChI is InChI=1S/C9H17N/c1-2-3-4-6-9-7-5-8-10-9/h10H,1-8H2. The van der Waals surface area contributed by atoms with E-state index in [9.17, 15) is 0 Å². The minimum Gasteiger partial charge on any atom is -0.309 e. The molecule has 1 heterocycles. The second kappa shape index (κ2) is 4.73. The lowest BCUT2D eigenvalue weighted by Crippen LogP contribution is -2.12. The summed E-state index contributed by atoms with van der Waals surface area (Å²) in [5.74, 6) is 0. The van der Waals surface area contributed by atoms with E-state index in [2.05, 4.69) is 12.2 Å². The lowest BCUT2D eigenvalue weighted by atomic mass is 10.1. The summed E-state index contributed by atoms with van der Waals surface area (Å²) < 4.78 is 0. The minimum absolute atomic E-state index is 1.09. The Morgan fingerprint density at radius 2 is 2.30 bits per heavy atom. The Morgan fingerprint density at radius 3 is 2.90 bits per heavy atom. The van der Waals surface area contributed by atoms with Crippen LogP contribution in [0.15, 0.2) is 0 Å². The van der Waals surface area contributed by atoms with Crippen molar-refractivity contribution in [2.75, 3.05) is 6.54 Å². The zero-order chi connectivity index (χ0) is 7.23. The molecule has 10 heavy (non-hydrogen) atoms. The Morgan fingerprint density at radius 1 is 1.40 bits per heavy atom. The Balaban J connectivity index is 1.91. The molecular weight excluding hydrogens is 122 g/mol. The van der Waals surface area contributed by atoms with Crippen LogP contribution in [0.3, 0.4) is 0 Å². The van der Waals surface area contributed by atoms with Crippen LogP contribution in [-0.2, 0) is 0 Å². The predicted octanol–water partition coefficient (Wildman–Crippen LogP) is 2.30. The van der Waals surface area contributed by atoms with Gasteiger partial charge in [0.05, 0.1) is 0 Å². The first-order valence-electron chi connectivity index (χ1n) is 4.31. The maximum atomic E-state index is 3.82. The fourth-order valence-electron chi connectivity index (χ4n) is 1.38. The van der Waals surface area contributed by atoms with Crippen LogP contribution in [-0.4, -0.2) is 6.54 Å². The van der Waals surface area contributed by atoms with Gasteiger partial charge in [-0.05, 0) is 25.8 Å². The van der Waals surface area contributed by atoms with Crippen LogP contribution < -0.4 is 5.32 Å². The van der Waals surface area contributed by atoms with Crippen LogP contribution in [0.4, 0.5) is 0 Å². The van der Waals surface area contributed by atoms with Crippen LogP contribution in [0.1, 0.15) is 38.5 Å². The average Bonchev–Trinajstić information content (AvgIpc) is 2.41. The lowest BCUT2D eigenvalue weighted by molar-refractivity contribution is 0.637. The predicted molar refractivity (Wildman–Crippen MR) is 44.3 cm³/mol. The topological polar surface area (TPSA) is 12.0 Å². The third kappa shape index (κ3) is 2.70. The van der Waals surface area contributed by atoms with Gasteiger partial charge in [0.25, 0.3) is 0 Å². The number of nitrogens with one attached hydrogen (secondary N) is 1. The Kier molecular flexibility index (Phi) is 3.81.